The van der Waals surface area contributed by atoms with Gasteiger partial charge in [0.05, 0.1) is 16.5 Å². The molecule has 2 aromatic heterocycles. The Morgan fingerprint density at radius 1 is 1.14 bits per heavy atom. The van der Waals surface area contributed by atoms with Crippen LogP contribution in [0.4, 0.5) is 5.82 Å². The first kappa shape index (κ1) is 14.8. The molecule has 5 heteroatoms. The zero-order valence-corrected chi connectivity index (χ0v) is 13.8. The topological polar surface area (TPSA) is 47.0 Å². The first-order chi connectivity index (χ1) is 10.7. The summed E-state index contributed by atoms with van der Waals surface area (Å²) in [6, 6.07) is 11.9. The van der Waals surface area contributed by atoms with Gasteiger partial charge < -0.3 is 10.1 Å². The number of ether oxygens (including phenoxy) is 1. The van der Waals surface area contributed by atoms with Crippen LogP contribution in [-0.4, -0.2) is 23.1 Å². The van der Waals surface area contributed by atoms with Gasteiger partial charge >= 0.3 is 0 Å². The number of rotatable bonds is 5. The summed E-state index contributed by atoms with van der Waals surface area (Å²) in [7, 11) is 0. The Hall–Kier alpha value is -2.14. The molecule has 0 saturated carbocycles. The van der Waals surface area contributed by atoms with Crippen LogP contribution in [0.3, 0.4) is 0 Å². The predicted octanol–water partition coefficient (Wildman–Crippen LogP) is 4.19. The van der Waals surface area contributed by atoms with E-state index in [1.165, 1.54) is 5.56 Å². The van der Waals surface area contributed by atoms with E-state index in [0.717, 1.165) is 26.9 Å². The maximum atomic E-state index is 5.70. The minimum atomic E-state index is 0.572. The molecule has 0 aliphatic heterocycles. The average Bonchev–Trinajstić information content (AvgIpc) is 2.55. The molecule has 3 aromatic rings. The Bertz CT molecular complexity index is 774. The quantitative estimate of drug-likeness (QED) is 0.695. The highest BCUT2D eigenvalue weighted by molar-refractivity contribution is 9.10. The lowest BCUT2D eigenvalue weighted by Gasteiger charge is -2.10. The van der Waals surface area contributed by atoms with Gasteiger partial charge in [0, 0.05) is 17.8 Å². The average molecular weight is 358 g/mol. The van der Waals surface area contributed by atoms with Crippen molar-refractivity contribution in [2.24, 2.45) is 0 Å². The molecule has 0 spiro atoms. The highest BCUT2D eigenvalue weighted by atomic mass is 79.9. The maximum absolute atomic E-state index is 5.70. The van der Waals surface area contributed by atoms with E-state index in [9.17, 15) is 0 Å². The number of benzene rings is 1. The van der Waals surface area contributed by atoms with Crippen LogP contribution in [0.2, 0.25) is 0 Å². The standard InChI is InChI=1S/C17H16BrN3O/c1-12-4-6-13(7-5-12)22-10-9-20-17-14-3-2-8-19-16(14)15(18)11-21-17/h2-8,11H,9-10H2,1H3,(H,20,21). The van der Waals surface area contributed by atoms with Crippen molar-refractivity contribution in [1.82, 2.24) is 9.97 Å². The third-order valence-corrected chi connectivity index (χ3v) is 3.86. The molecular formula is C17H16BrN3O. The number of fused-ring (bicyclic) bond motifs is 1. The normalized spacial score (nSPS) is 10.6. The van der Waals surface area contributed by atoms with Crippen molar-refractivity contribution in [1.29, 1.82) is 0 Å². The van der Waals surface area contributed by atoms with Crippen molar-refractivity contribution >= 4 is 32.7 Å². The van der Waals surface area contributed by atoms with Crippen molar-refractivity contribution in [2.45, 2.75) is 6.92 Å². The number of anilines is 1. The molecule has 1 N–H and O–H groups in total. The van der Waals surface area contributed by atoms with Gasteiger partial charge in [-0.1, -0.05) is 17.7 Å². The fourth-order valence-corrected chi connectivity index (χ4v) is 2.57. The second-order valence-corrected chi connectivity index (χ2v) is 5.80. The molecule has 0 fully saturated rings. The summed E-state index contributed by atoms with van der Waals surface area (Å²) >= 11 is 3.47. The van der Waals surface area contributed by atoms with Crippen LogP contribution in [0.5, 0.6) is 5.75 Å². The molecule has 112 valence electrons. The van der Waals surface area contributed by atoms with E-state index >= 15 is 0 Å². The van der Waals surface area contributed by atoms with Gasteiger partial charge in [-0.15, -0.1) is 0 Å². The van der Waals surface area contributed by atoms with Crippen molar-refractivity contribution in [3.8, 4) is 5.75 Å². The number of aryl methyl sites for hydroxylation is 1. The van der Waals surface area contributed by atoms with Crippen LogP contribution in [0.25, 0.3) is 10.9 Å². The summed E-state index contributed by atoms with van der Waals surface area (Å²) < 4.78 is 6.60. The molecule has 0 aliphatic carbocycles. The van der Waals surface area contributed by atoms with E-state index < -0.39 is 0 Å². The third kappa shape index (κ3) is 3.36. The van der Waals surface area contributed by atoms with Gasteiger partial charge in [0.2, 0.25) is 0 Å². The van der Waals surface area contributed by atoms with Crippen molar-refractivity contribution in [3.63, 3.8) is 0 Å². The Labute approximate surface area is 137 Å². The highest BCUT2D eigenvalue weighted by Crippen LogP contribution is 2.25. The molecule has 0 atom stereocenters. The fourth-order valence-electron chi connectivity index (χ4n) is 2.15. The SMILES string of the molecule is Cc1ccc(OCCNc2ncc(Br)c3ncccc23)cc1. The molecule has 22 heavy (non-hydrogen) atoms. The molecule has 0 amide bonds. The molecule has 2 heterocycles. The molecule has 1 aromatic carbocycles. The second-order valence-electron chi connectivity index (χ2n) is 4.94. The maximum Gasteiger partial charge on any atom is 0.135 e. The number of aromatic nitrogens is 2. The zero-order chi connectivity index (χ0) is 15.4. The minimum Gasteiger partial charge on any atom is -0.492 e. The lowest BCUT2D eigenvalue weighted by atomic mass is 10.2. The molecule has 0 radical (unpaired) electrons. The molecule has 0 bridgehead atoms. The summed E-state index contributed by atoms with van der Waals surface area (Å²) in [5.74, 6) is 1.70. The van der Waals surface area contributed by atoms with Gasteiger partial charge in [0.15, 0.2) is 0 Å². The van der Waals surface area contributed by atoms with Crippen LogP contribution in [0.1, 0.15) is 5.56 Å². The fraction of sp³-hybridized carbons (Fsp3) is 0.176. The Kier molecular flexibility index (Phi) is 4.53. The van der Waals surface area contributed by atoms with Crippen LogP contribution in [-0.2, 0) is 0 Å². The van der Waals surface area contributed by atoms with E-state index in [1.54, 1.807) is 12.4 Å². The van der Waals surface area contributed by atoms with Crippen LogP contribution >= 0.6 is 15.9 Å². The Morgan fingerprint density at radius 2 is 1.95 bits per heavy atom. The first-order valence-corrected chi connectivity index (χ1v) is 7.86. The van der Waals surface area contributed by atoms with Crippen LogP contribution < -0.4 is 10.1 Å². The lowest BCUT2D eigenvalue weighted by molar-refractivity contribution is 0.332. The summed E-state index contributed by atoms with van der Waals surface area (Å²) in [6.45, 7) is 3.30. The smallest absolute Gasteiger partial charge is 0.135 e. The summed E-state index contributed by atoms with van der Waals surface area (Å²) in [4.78, 5) is 8.78. The first-order valence-electron chi connectivity index (χ1n) is 7.06. The molecule has 0 unspecified atom stereocenters. The van der Waals surface area contributed by atoms with Crippen molar-refractivity contribution in [2.75, 3.05) is 18.5 Å². The minimum absolute atomic E-state index is 0.572. The number of hydrogen-bond acceptors (Lipinski definition) is 4. The van der Waals surface area contributed by atoms with E-state index in [4.69, 9.17) is 4.74 Å². The lowest BCUT2D eigenvalue weighted by Crippen LogP contribution is -2.12. The number of nitrogens with zero attached hydrogens (tertiary/aromatic N) is 2. The predicted molar refractivity (Wildman–Crippen MR) is 92.4 cm³/mol. The molecule has 0 aliphatic rings. The van der Waals surface area contributed by atoms with Crippen molar-refractivity contribution < 1.29 is 4.74 Å². The number of halogens is 1. The number of pyridine rings is 2. The van der Waals surface area contributed by atoms with E-state index in [-0.39, 0.29) is 0 Å². The van der Waals surface area contributed by atoms with Gasteiger partial charge in [-0.05, 0) is 47.1 Å². The summed E-state index contributed by atoms with van der Waals surface area (Å²) in [5.41, 5.74) is 2.13. The molecule has 3 rings (SSSR count). The highest BCUT2D eigenvalue weighted by Gasteiger charge is 2.06. The summed E-state index contributed by atoms with van der Waals surface area (Å²) in [6.07, 6.45) is 3.54. The third-order valence-electron chi connectivity index (χ3n) is 3.28. The van der Waals surface area contributed by atoms with Gasteiger partial charge in [-0.25, -0.2) is 4.98 Å². The van der Waals surface area contributed by atoms with Gasteiger partial charge in [0.1, 0.15) is 18.2 Å². The van der Waals surface area contributed by atoms with Gasteiger partial charge in [0.25, 0.3) is 0 Å². The van der Waals surface area contributed by atoms with Crippen molar-refractivity contribution in [3.05, 3.63) is 58.8 Å². The summed E-state index contributed by atoms with van der Waals surface area (Å²) in [5, 5.41) is 4.29. The zero-order valence-electron chi connectivity index (χ0n) is 12.2. The molecular weight excluding hydrogens is 342 g/mol. The monoisotopic (exact) mass is 357 g/mol. The van der Waals surface area contributed by atoms with Gasteiger partial charge in [-0.3, -0.25) is 4.98 Å². The van der Waals surface area contributed by atoms with Gasteiger partial charge in [-0.2, -0.15) is 0 Å². The van der Waals surface area contributed by atoms with E-state index in [2.05, 4.69) is 38.1 Å². The Balaban J connectivity index is 1.62. The second kappa shape index (κ2) is 6.75. The number of hydrogen-bond donors (Lipinski definition) is 1. The van der Waals surface area contributed by atoms with Crippen LogP contribution in [0.15, 0.2) is 53.3 Å². The van der Waals surface area contributed by atoms with E-state index in [0.29, 0.717) is 13.2 Å². The Morgan fingerprint density at radius 3 is 2.77 bits per heavy atom. The van der Waals surface area contributed by atoms with Crippen LogP contribution in [0, 0.1) is 6.92 Å². The van der Waals surface area contributed by atoms with E-state index in [1.807, 2.05) is 36.4 Å². The largest absolute Gasteiger partial charge is 0.492 e. The molecule has 4 nitrogen and oxygen atoms in total. The number of nitrogens with one attached hydrogen (secondary N) is 1. The molecule has 0 saturated heterocycles.